The van der Waals surface area contributed by atoms with Gasteiger partial charge in [0.2, 0.25) is 0 Å². The van der Waals surface area contributed by atoms with Crippen molar-refractivity contribution < 1.29 is 5.11 Å². The van der Waals surface area contributed by atoms with Crippen LogP contribution < -0.4 is 0 Å². The third-order valence-corrected chi connectivity index (χ3v) is 1.92. The molecule has 1 N–H and O–H groups in total. The highest BCUT2D eigenvalue weighted by Gasteiger charge is 2.27. The second-order valence-corrected chi connectivity index (χ2v) is 3.99. The van der Waals surface area contributed by atoms with Gasteiger partial charge in [-0.3, -0.25) is 0 Å². The Hall–Kier alpha value is -0.480. The lowest BCUT2D eigenvalue weighted by atomic mass is 9.77. The summed E-state index contributed by atoms with van der Waals surface area (Å²) in [6.45, 7) is 8.10. The molecule has 0 fully saturated rings. The monoisotopic (exact) mass is 154 g/mol. The van der Waals surface area contributed by atoms with Crippen LogP contribution in [-0.2, 0) is 0 Å². The molecule has 2 atom stereocenters. The van der Waals surface area contributed by atoms with Gasteiger partial charge in [-0.05, 0) is 11.8 Å². The van der Waals surface area contributed by atoms with Crippen LogP contribution in [0.25, 0.3) is 0 Å². The lowest BCUT2D eigenvalue weighted by Gasteiger charge is -2.29. The lowest BCUT2D eigenvalue weighted by Crippen LogP contribution is -2.30. The molecule has 64 valence electrons. The maximum Gasteiger partial charge on any atom is 0.0680 e. The zero-order chi connectivity index (χ0) is 9.07. The number of hydrogen-bond acceptors (Lipinski definition) is 1. The van der Waals surface area contributed by atoms with Crippen molar-refractivity contribution in [2.24, 2.45) is 11.3 Å². The summed E-state index contributed by atoms with van der Waals surface area (Å²) in [6, 6.07) is 0. The van der Waals surface area contributed by atoms with Gasteiger partial charge in [-0.25, -0.2) is 0 Å². The highest BCUT2D eigenvalue weighted by atomic mass is 16.3. The van der Waals surface area contributed by atoms with Crippen molar-refractivity contribution in [3.8, 4) is 12.3 Å². The fourth-order valence-corrected chi connectivity index (χ4v) is 1.17. The van der Waals surface area contributed by atoms with Gasteiger partial charge < -0.3 is 5.11 Å². The van der Waals surface area contributed by atoms with Crippen LogP contribution in [0, 0.1) is 23.7 Å². The second kappa shape index (κ2) is 3.78. The van der Waals surface area contributed by atoms with E-state index in [1.54, 1.807) is 0 Å². The van der Waals surface area contributed by atoms with Crippen LogP contribution in [0.15, 0.2) is 0 Å². The summed E-state index contributed by atoms with van der Waals surface area (Å²) in [5.74, 6) is 2.61. The average Bonchev–Trinajstić information content (AvgIpc) is 1.86. The lowest BCUT2D eigenvalue weighted by molar-refractivity contribution is 0.0742. The van der Waals surface area contributed by atoms with E-state index < -0.39 is 0 Å². The van der Waals surface area contributed by atoms with E-state index in [9.17, 15) is 5.11 Å². The number of hydrogen-bond donors (Lipinski definition) is 1. The molecule has 0 bridgehead atoms. The first-order valence-corrected chi connectivity index (χ1v) is 4.07. The van der Waals surface area contributed by atoms with E-state index in [2.05, 4.69) is 26.7 Å². The van der Waals surface area contributed by atoms with Crippen LogP contribution in [0.4, 0.5) is 0 Å². The summed E-state index contributed by atoms with van der Waals surface area (Å²) < 4.78 is 0. The minimum atomic E-state index is -0.361. The maximum atomic E-state index is 9.51. The van der Waals surface area contributed by atoms with E-state index in [0.717, 1.165) is 6.42 Å². The Bertz CT molecular complexity index is 147. The molecule has 11 heavy (non-hydrogen) atoms. The van der Waals surface area contributed by atoms with Crippen molar-refractivity contribution in [3.63, 3.8) is 0 Å². The molecule has 0 saturated heterocycles. The standard InChI is InChI=1S/C10H18O/c1-6-8(9(11)7-2)10(3,4)5/h1,8-9,11H,7H2,2-5H3/t8-,9+/m1/s1. The first-order valence-electron chi connectivity index (χ1n) is 4.07. The largest absolute Gasteiger partial charge is 0.392 e. The molecule has 0 aliphatic carbocycles. The average molecular weight is 154 g/mol. The number of aliphatic hydroxyl groups is 1. The van der Waals surface area contributed by atoms with Crippen molar-refractivity contribution >= 4 is 0 Å². The number of rotatable bonds is 2. The van der Waals surface area contributed by atoms with Crippen molar-refractivity contribution in [2.75, 3.05) is 0 Å². The molecule has 0 spiro atoms. The van der Waals surface area contributed by atoms with Gasteiger partial charge in [0.05, 0.1) is 12.0 Å². The highest BCUT2D eigenvalue weighted by molar-refractivity contribution is 5.01. The summed E-state index contributed by atoms with van der Waals surface area (Å²) in [5, 5.41) is 9.51. The minimum absolute atomic E-state index is 0.00414. The Labute approximate surface area is 69.8 Å². The SMILES string of the molecule is C#C[C@H]([C@@H](O)CC)C(C)(C)C. The summed E-state index contributed by atoms with van der Waals surface area (Å²) in [7, 11) is 0. The van der Waals surface area contributed by atoms with Gasteiger partial charge in [0.25, 0.3) is 0 Å². The molecule has 0 amide bonds. The summed E-state index contributed by atoms with van der Waals surface area (Å²) in [4.78, 5) is 0. The second-order valence-electron chi connectivity index (χ2n) is 3.99. The van der Waals surface area contributed by atoms with E-state index in [4.69, 9.17) is 6.42 Å². The van der Waals surface area contributed by atoms with E-state index >= 15 is 0 Å². The molecule has 0 radical (unpaired) electrons. The normalized spacial score (nSPS) is 17.1. The van der Waals surface area contributed by atoms with Gasteiger partial charge in [0.15, 0.2) is 0 Å². The van der Waals surface area contributed by atoms with Crippen LogP contribution in [0.5, 0.6) is 0 Å². The molecule has 0 rings (SSSR count). The van der Waals surface area contributed by atoms with Crippen LogP contribution in [-0.4, -0.2) is 11.2 Å². The fourth-order valence-electron chi connectivity index (χ4n) is 1.17. The minimum Gasteiger partial charge on any atom is -0.392 e. The van der Waals surface area contributed by atoms with Gasteiger partial charge >= 0.3 is 0 Å². The predicted octanol–water partition coefficient (Wildman–Crippen LogP) is 2.05. The molecule has 0 aromatic rings. The summed E-state index contributed by atoms with van der Waals surface area (Å²) in [6.07, 6.45) is 5.69. The van der Waals surface area contributed by atoms with E-state index in [-0.39, 0.29) is 17.4 Å². The molecule has 1 heteroatoms. The molecule has 0 heterocycles. The molecule has 0 aliphatic heterocycles. The smallest absolute Gasteiger partial charge is 0.0680 e. The van der Waals surface area contributed by atoms with Gasteiger partial charge in [-0.2, -0.15) is 0 Å². The van der Waals surface area contributed by atoms with Crippen LogP contribution in [0.2, 0.25) is 0 Å². The third kappa shape index (κ3) is 2.95. The summed E-state index contributed by atoms with van der Waals surface area (Å²) in [5.41, 5.74) is 0.00414. The zero-order valence-electron chi connectivity index (χ0n) is 7.89. The van der Waals surface area contributed by atoms with Crippen LogP contribution >= 0.6 is 0 Å². The van der Waals surface area contributed by atoms with Crippen LogP contribution in [0.3, 0.4) is 0 Å². The third-order valence-electron chi connectivity index (χ3n) is 1.92. The predicted molar refractivity (Wildman–Crippen MR) is 48.1 cm³/mol. The molecule has 0 aromatic heterocycles. The van der Waals surface area contributed by atoms with Crippen molar-refractivity contribution in [1.29, 1.82) is 0 Å². The molecular weight excluding hydrogens is 136 g/mol. The molecule has 0 aliphatic rings. The number of terminal acetylenes is 1. The van der Waals surface area contributed by atoms with Gasteiger partial charge in [-0.1, -0.05) is 27.7 Å². The Morgan fingerprint density at radius 3 is 2.00 bits per heavy atom. The van der Waals surface area contributed by atoms with E-state index in [0.29, 0.717) is 0 Å². The van der Waals surface area contributed by atoms with E-state index in [1.165, 1.54) is 0 Å². The maximum absolute atomic E-state index is 9.51. The quantitative estimate of drug-likeness (QED) is 0.603. The van der Waals surface area contributed by atoms with Crippen LogP contribution in [0.1, 0.15) is 34.1 Å². The topological polar surface area (TPSA) is 20.2 Å². The van der Waals surface area contributed by atoms with Gasteiger partial charge in [0.1, 0.15) is 0 Å². The number of aliphatic hydroxyl groups excluding tert-OH is 1. The Morgan fingerprint density at radius 2 is 1.91 bits per heavy atom. The first kappa shape index (κ1) is 10.5. The van der Waals surface area contributed by atoms with Gasteiger partial charge in [-0.15, -0.1) is 12.3 Å². The zero-order valence-corrected chi connectivity index (χ0v) is 7.89. The van der Waals surface area contributed by atoms with Gasteiger partial charge in [0, 0.05) is 0 Å². The Kier molecular flexibility index (Phi) is 3.62. The first-order chi connectivity index (χ1) is 4.93. The van der Waals surface area contributed by atoms with Crippen molar-refractivity contribution in [1.82, 2.24) is 0 Å². The molecule has 1 nitrogen and oxygen atoms in total. The Morgan fingerprint density at radius 1 is 1.45 bits per heavy atom. The highest BCUT2D eigenvalue weighted by Crippen LogP contribution is 2.28. The summed E-state index contributed by atoms with van der Waals surface area (Å²) >= 11 is 0. The molecule has 0 unspecified atom stereocenters. The van der Waals surface area contributed by atoms with E-state index in [1.807, 2.05) is 6.92 Å². The fraction of sp³-hybridized carbons (Fsp3) is 0.800. The Balaban J connectivity index is 4.32. The molecular formula is C10H18O. The van der Waals surface area contributed by atoms with Crippen molar-refractivity contribution in [2.45, 2.75) is 40.2 Å². The molecule has 0 saturated carbocycles. The molecule has 0 aromatic carbocycles. The van der Waals surface area contributed by atoms with Crippen molar-refractivity contribution in [3.05, 3.63) is 0 Å².